The van der Waals surface area contributed by atoms with Crippen molar-refractivity contribution >= 4 is 23.3 Å². The van der Waals surface area contributed by atoms with Gasteiger partial charge in [0.15, 0.2) is 16.7 Å². The number of nitrogens with zero attached hydrogens (tertiary/aromatic N) is 3. The molecule has 0 atom stereocenters. The van der Waals surface area contributed by atoms with Gasteiger partial charge < -0.3 is 5.32 Å². The maximum Gasteiger partial charge on any atom is 0.277 e. The number of H-pyrrole nitrogens is 1. The molecule has 0 aliphatic carbocycles. The van der Waals surface area contributed by atoms with Gasteiger partial charge in [-0.3, -0.25) is 9.89 Å². The molecule has 2 rings (SSSR count). The van der Waals surface area contributed by atoms with E-state index in [1.165, 1.54) is 12.1 Å². The van der Waals surface area contributed by atoms with E-state index in [9.17, 15) is 4.79 Å². The van der Waals surface area contributed by atoms with E-state index in [4.69, 9.17) is 11.6 Å². The minimum atomic E-state index is -0.379. The van der Waals surface area contributed by atoms with Crippen LogP contribution in [0.2, 0.25) is 5.15 Å². The van der Waals surface area contributed by atoms with Crippen molar-refractivity contribution in [2.75, 3.05) is 5.32 Å². The van der Waals surface area contributed by atoms with Gasteiger partial charge >= 0.3 is 0 Å². The van der Waals surface area contributed by atoms with E-state index in [2.05, 4.69) is 46.5 Å². The third kappa shape index (κ3) is 3.29. The van der Waals surface area contributed by atoms with Crippen LogP contribution in [0.15, 0.2) is 18.2 Å². The third-order valence-electron chi connectivity index (χ3n) is 2.49. The fraction of sp³-hybridized carbons (Fsp3) is 0.333. The van der Waals surface area contributed by atoms with Gasteiger partial charge in [-0.2, -0.15) is 5.10 Å². The molecule has 2 N–H and O–H groups in total. The molecule has 2 aromatic heterocycles. The lowest BCUT2D eigenvalue weighted by Gasteiger charge is -2.14. The van der Waals surface area contributed by atoms with Crippen molar-refractivity contribution in [3.63, 3.8) is 0 Å². The molecule has 7 heteroatoms. The van der Waals surface area contributed by atoms with Gasteiger partial charge in [-0.15, -0.1) is 10.2 Å². The van der Waals surface area contributed by atoms with Crippen LogP contribution in [0.1, 0.15) is 37.0 Å². The Morgan fingerprint density at radius 2 is 2.05 bits per heavy atom. The Kier molecular flexibility index (Phi) is 3.53. The molecule has 6 nitrogen and oxygen atoms in total. The van der Waals surface area contributed by atoms with Crippen LogP contribution in [-0.2, 0) is 5.41 Å². The topological polar surface area (TPSA) is 83.6 Å². The van der Waals surface area contributed by atoms with Crippen LogP contribution >= 0.6 is 11.6 Å². The van der Waals surface area contributed by atoms with E-state index in [1.54, 1.807) is 6.07 Å². The lowest BCUT2D eigenvalue weighted by Crippen LogP contribution is -2.14. The van der Waals surface area contributed by atoms with Crippen molar-refractivity contribution in [3.8, 4) is 0 Å². The SMILES string of the molecule is CC(C)(C)c1cc(NC(=O)c2ccc(Cl)nn2)n[nH]1. The zero-order chi connectivity index (χ0) is 14.0. The molecule has 0 spiro atoms. The minimum Gasteiger partial charge on any atom is -0.304 e. The number of carbonyl (C=O) groups is 1. The molecule has 2 heterocycles. The number of anilines is 1. The van der Waals surface area contributed by atoms with E-state index in [0.29, 0.717) is 5.82 Å². The molecule has 0 saturated heterocycles. The van der Waals surface area contributed by atoms with Gasteiger partial charge in [0.05, 0.1) is 0 Å². The number of nitrogens with one attached hydrogen (secondary N) is 2. The van der Waals surface area contributed by atoms with Crippen LogP contribution in [0.4, 0.5) is 5.82 Å². The van der Waals surface area contributed by atoms with Gasteiger partial charge in [-0.25, -0.2) is 0 Å². The van der Waals surface area contributed by atoms with Gasteiger partial charge in [0.25, 0.3) is 5.91 Å². The predicted octanol–water partition coefficient (Wildman–Crippen LogP) is 2.40. The zero-order valence-electron chi connectivity index (χ0n) is 10.9. The lowest BCUT2D eigenvalue weighted by molar-refractivity contribution is 0.102. The van der Waals surface area contributed by atoms with Crippen LogP contribution in [0.5, 0.6) is 0 Å². The predicted molar refractivity (Wildman–Crippen MR) is 72.3 cm³/mol. The normalized spacial score (nSPS) is 11.4. The van der Waals surface area contributed by atoms with Crippen molar-refractivity contribution in [3.05, 3.63) is 34.7 Å². The first-order valence-electron chi connectivity index (χ1n) is 5.73. The van der Waals surface area contributed by atoms with Crippen molar-refractivity contribution in [2.24, 2.45) is 0 Å². The number of rotatable bonds is 2. The molecule has 0 aromatic carbocycles. The molecule has 19 heavy (non-hydrogen) atoms. The average Bonchev–Trinajstić information content (AvgIpc) is 2.78. The molecule has 0 radical (unpaired) electrons. The molecular formula is C12H14ClN5O. The summed E-state index contributed by atoms with van der Waals surface area (Å²) in [5, 5.41) is 17.1. The highest BCUT2D eigenvalue weighted by Crippen LogP contribution is 2.22. The zero-order valence-corrected chi connectivity index (χ0v) is 11.6. The summed E-state index contributed by atoms with van der Waals surface area (Å²) in [6, 6.07) is 4.80. The summed E-state index contributed by atoms with van der Waals surface area (Å²) in [5.41, 5.74) is 1.06. The van der Waals surface area contributed by atoms with Crippen molar-refractivity contribution < 1.29 is 4.79 Å². The summed E-state index contributed by atoms with van der Waals surface area (Å²) >= 11 is 5.61. The maximum absolute atomic E-state index is 11.9. The summed E-state index contributed by atoms with van der Waals surface area (Å²) < 4.78 is 0. The monoisotopic (exact) mass is 279 g/mol. The van der Waals surface area contributed by atoms with Crippen LogP contribution < -0.4 is 5.32 Å². The van der Waals surface area contributed by atoms with E-state index >= 15 is 0 Å². The summed E-state index contributed by atoms with van der Waals surface area (Å²) in [7, 11) is 0. The molecule has 100 valence electrons. The molecule has 0 aliphatic rings. The van der Waals surface area contributed by atoms with Crippen LogP contribution in [0, 0.1) is 0 Å². The third-order valence-corrected chi connectivity index (χ3v) is 2.69. The molecular weight excluding hydrogens is 266 g/mol. The van der Waals surface area contributed by atoms with Gasteiger partial charge in [0.1, 0.15) is 0 Å². The largest absolute Gasteiger partial charge is 0.304 e. The number of aromatic amines is 1. The van der Waals surface area contributed by atoms with E-state index in [1.807, 2.05) is 0 Å². The van der Waals surface area contributed by atoms with Crippen molar-refractivity contribution in [1.82, 2.24) is 20.4 Å². The van der Waals surface area contributed by atoms with Gasteiger partial charge in [-0.05, 0) is 12.1 Å². The second kappa shape index (κ2) is 4.97. The molecule has 0 bridgehead atoms. The minimum absolute atomic E-state index is 0.0595. The maximum atomic E-state index is 11.9. The van der Waals surface area contributed by atoms with Gasteiger partial charge in [0.2, 0.25) is 0 Å². The Hall–Kier alpha value is -1.95. The molecule has 0 saturated carbocycles. The summed E-state index contributed by atoms with van der Waals surface area (Å²) in [5.74, 6) is 0.0720. The number of carbonyl (C=O) groups excluding carboxylic acids is 1. The van der Waals surface area contributed by atoms with Crippen molar-refractivity contribution in [2.45, 2.75) is 26.2 Å². The fourth-order valence-electron chi connectivity index (χ4n) is 1.39. The van der Waals surface area contributed by atoms with E-state index in [0.717, 1.165) is 5.69 Å². The smallest absolute Gasteiger partial charge is 0.277 e. The second-order valence-electron chi connectivity index (χ2n) is 5.11. The van der Waals surface area contributed by atoms with Gasteiger partial charge in [0, 0.05) is 17.2 Å². The fourth-order valence-corrected chi connectivity index (χ4v) is 1.49. The summed E-state index contributed by atoms with van der Waals surface area (Å²) in [4.78, 5) is 11.9. The number of hydrogen-bond donors (Lipinski definition) is 2. The average molecular weight is 280 g/mol. The number of amides is 1. The molecule has 1 amide bonds. The Morgan fingerprint density at radius 1 is 1.32 bits per heavy atom. The molecule has 2 aromatic rings. The number of aromatic nitrogens is 4. The van der Waals surface area contributed by atoms with E-state index < -0.39 is 0 Å². The van der Waals surface area contributed by atoms with Crippen molar-refractivity contribution in [1.29, 1.82) is 0 Å². The standard InChI is InChI=1S/C12H14ClN5O/c1-12(2,3)8-6-10(18-16-8)14-11(19)7-4-5-9(13)17-15-7/h4-6H,1-3H3,(H2,14,16,18,19). The Balaban J connectivity index is 2.11. The van der Waals surface area contributed by atoms with E-state index in [-0.39, 0.29) is 22.2 Å². The summed E-state index contributed by atoms with van der Waals surface area (Å²) in [6.45, 7) is 6.16. The lowest BCUT2D eigenvalue weighted by atomic mass is 9.92. The highest BCUT2D eigenvalue weighted by atomic mass is 35.5. The van der Waals surface area contributed by atoms with Gasteiger partial charge in [-0.1, -0.05) is 32.4 Å². The first-order chi connectivity index (χ1) is 8.86. The molecule has 0 fully saturated rings. The van der Waals surface area contributed by atoms with Crippen LogP contribution in [0.25, 0.3) is 0 Å². The first kappa shape index (κ1) is 13.5. The summed E-state index contributed by atoms with van der Waals surface area (Å²) in [6.07, 6.45) is 0. The highest BCUT2D eigenvalue weighted by molar-refractivity contribution is 6.29. The quantitative estimate of drug-likeness (QED) is 0.884. The highest BCUT2D eigenvalue weighted by Gasteiger charge is 2.18. The second-order valence-corrected chi connectivity index (χ2v) is 5.50. The Morgan fingerprint density at radius 3 is 2.58 bits per heavy atom. The first-order valence-corrected chi connectivity index (χ1v) is 6.10. The Bertz CT molecular complexity index is 585. The molecule has 0 unspecified atom stereocenters. The Labute approximate surface area is 115 Å². The number of halogens is 1. The van der Waals surface area contributed by atoms with Crippen LogP contribution in [-0.4, -0.2) is 26.3 Å². The molecule has 0 aliphatic heterocycles. The van der Waals surface area contributed by atoms with Crippen LogP contribution in [0.3, 0.4) is 0 Å². The number of hydrogen-bond acceptors (Lipinski definition) is 4.